The van der Waals surface area contributed by atoms with Crippen molar-refractivity contribution in [2.75, 3.05) is 14.2 Å². The molecule has 0 atom stereocenters. The lowest BCUT2D eigenvalue weighted by molar-refractivity contribution is 0.394. The lowest BCUT2D eigenvalue weighted by atomic mass is 9.79. The average molecular weight is 326 g/mol. The molecule has 0 heterocycles. The summed E-state index contributed by atoms with van der Waals surface area (Å²) in [6, 6.07) is 12.9. The molecule has 2 heteroatoms. The molecule has 130 valence electrons. The summed E-state index contributed by atoms with van der Waals surface area (Å²) in [5, 5.41) is 0. The molecule has 0 spiro atoms. The molecule has 2 aromatic rings. The van der Waals surface area contributed by atoms with Gasteiger partial charge in [0, 0.05) is 6.07 Å². The van der Waals surface area contributed by atoms with E-state index in [9.17, 15) is 0 Å². The molecule has 0 amide bonds. The molecule has 0 saturated heterocycles. The van der Waals surface area contributed by atoms with E-state index in [0.29, 0.717) is 0 Å². The Morgan fingerprint density at radius 2 is 0.917 bits per heavy atom. The second-order valence-electron chi connectivity index (χ2n) is 8.40. The molecule has 0 saturated carbocycles. The van der Waals surface area contributed by atoms with Gasteiger partial charge in [0.1, 0.15) is 11.5 Å². The maximum Gasteiger partial charge on any atom is 0.123 e. The van der Waals surface area contributed by atoms with Crippen LogP contribution in [0, 0.1) is 0 Å². The first-order chi connectivity index (χ1) is 11.0. The fourth-order valence-corrected chi connectivity index (χ4v) is 2.63. The molecule has 0 N–H and O–H groups in total. The van der Waals surface area contributed by atoms with Gasteiger partial charge in [-0.3, -0.25) is 0 Å². The lowest BCUT2D eigenvalue weighted by Crippen LogP contribution is -2.16. The van der Waals surface area contributed by atoms with Crippen molar-refractivity contribution >= 4 is 0 Å². The molecule has 0 radical (unpaired) electrons. The molecule has 0 bridgehead atoms. The third kappa shape index (κ3) is 4.11. The van der Waals surface area contributed by atoms with Crippen molar-refractivity contribution in [1.29, 1.82) is 0 Å². The van der Waals surface area contributed by atoms with Gasteiger partial charge in [0.15, 0.2) is 0 Å². The van der Waals surface area contributed by atoms with Crippen LogP contribution >= 0.6 is 0 Å². The molecule has 0 unspecified atom stereocenters. The van der Waals surface area contributed by atoms with Gasteiger partial charge in [-0.25, -0.2) is 0 Å². The minimum Gasteiger partial charge on any atom is -0.497 e. The Kier molecular flexibility index (Phi) is 4.98. The van der Waals surface area contributed by atoms with Gasteiger partial charge in [-0.05, 0) is 45.2 Å². The molecule has 24 heavy (non-hydrogen) atoms. The van der Waals surface area contributed by atoms with Crippen LogP contribution in [0.4, 0.5) is 0 Å². The molecule has 0 aliphatic heterocycles. The summed E-state index contributed by atoms with van der Waals surface area (Å²) in [6.45, 7) is 13.5. The maximum absolute atomic E-state index is 5.43. The number of ether oxygens (including phenoxy) is 2. The molecule has 2 rings (SSSR count). The van der Waals surface area contributed by atoms with Crippen LogP contribution in [0.1, 0.15) is 52.7 Å². The highest BCUT2D eigenvalue weighted by Crippen LogP contribution is 2.36. The monoisotopic (exact) mass is 326 g/mol. The Labute approximate surface area is 146 Å². The lowest BCUT2D eigenvalue weighted by Gasteiger charge is -2.26. The van der Waals surface area contributed by atoms with Crippen molar-refractivity contribution in [2.45, 2.75) is 52.4 Å². The van der Waals surface area contributed by atoms with Crippen LogP contribution in [0.3, 0.4) is 0 Å². The molecule has 0 aliphatic carbocycles. The van der Waals surface area contributed by atoms with E-state index in [0.717, 1.165) is 17.1 Å². The van der Waals surface area contributed by atoms with Crippen LogP contribution in [-0.2, 0) is 10.8 Å². The second-order valence-corrected chi connectivity index (χ2v) is 8.40. The molecule has 2 aromatic carbocycles. The van der Waals surface area contributed by atoms with E-state index >= 15 is 0 Å². The molecule has 2 nitrogen and oxygen atoms in total. The normalized spacial score (nSPS) is 12.2. The molecular formula is C22H30O2. The largest absolute Gasteiger partial charge is 0.497 e. The van der Waals surface area contributed by atoms with Crippen LogP contribution in [-0.4, -0.2) is 14.2 Å². The van der Waals surface area contributed by atoms with Crippen molar-refractivity contribution in [3.63, 3.8) is 0 Å². The third-order valence-corrected chi connectivity index (χ3v) is 4.35. The zero-order valence-corrected chi connectivity index (χ0v) is 16.3. The number of hydrogen-bond acceptors (Lipinski definition) is 2. The van der Waals surface area contributed by atoms with Gasteiger partial charge in [-0.2, -0.15) is 0 Å². The molecule has 0 aromatic heterocycles. The van der Waals surface area contributed by atoms with Crippen molar-refractivity contribution < 1.29 is 9.47 Å². The SMILES string of the molecule is COc1cc(OC)cc(-c2cc(C(C)(C)C)cc(C(C)(C)C)c2)c1. The van der Waals surface area contributed by atoms with E-state index < -0.39 is 0 Å². The van der Waals surface area contributed by atoms with Crippen molar-refractivity contribution in [2.24, 2.45) is 0 Å². The van der Waals surface area contributed by atoms with E-state index in [2.05, 4.69) is 71.9 Å². The number of hydrogen-bond donors (Lipinski definition) is 0. The van der Waals surface area contributed by atoms with Crippen LogP contribution in [0.2, 0.25) is 0 Å². The van der Waals surface area contributed by atoms with E-state index in [4.69, 9.17) is 9.47 Å². The summed E-state index contributed by atoms with van der Waals surface area (Å²) in [5.41, 5.74) is 5.18. The van der Waals surface area contributed by atoms with Gasteiger partial charge >= 0.3 is 0 Å². The zero-order valence-electron chi connectivity index (χ0n) is 16.3. The topological polar surface area (TPSA) is 18.5 Å². The molecule has 0 aliphatic rings. The summed E-state index contributed by atoms with van der Waals surface area (Å²) >= 11 is 0. The van der Waals surface area contributed by atoms with Gasteiger partial charge in [0.2, 0.25) is 0 Å². The quantitative estimate of drug-likeness (QED) is 0.692. The van der Waals surface area contributed by atoms with Crippen molar-refractivity contribution in [3.8, 4) is 22.6 Å². The van der Waals surface area contributed by atoms with E-state index in [1.54, 1.807) is 14.2 Å². The smallest absolute Gasteiger partial charge is 0.123 e. The number of rotatable bonds is 3. The number of benzene rings is 2. The standard InChI is InChI=1S/C22H30O2/c1-21(2,3)17-9-15(10-18(13-17)22(4,5)6)16-11-19(23-7)14-20(12-16)24-8/h9-14H,1-8H3. The highest BCUT2D eigenvalue weighted by Gasteiger charge is 2.21. The second kappa shape index (κ2) is 6.51. The Bertz CT molecular complexity index is 661. The van der Waals surface area contributed by atoms with Crippen LogP contribution in [0.25, 0.3) is 11.1 Å². The molecular weight excluding hydrogens is 296 g/mol. The zero-order chi connectivity index (χ0) is 18.1. The van der Waals surface area contributed by atoms with Crippen LogP contribution in [0.15, 0.2) is 36.4 Å². The highest BCUT2D eigenvalue weighted by atomic mass is 16.5. The van der Waals surface area contributed by atoms with E-state index in [1.807, 2.05) is 6.07 Å². The van der Waals surface area contributed by atoms with Gasteiger partial charge in [0.05, 0.1) is 14.2 Å². The fraction of sp³-hybridized carbons (Fsp3) is 0.455. The predicted octanol–water partition coefficient (Wildman–Crippen LogP) is 5.97. The number of methoxy groups -OCH3 is 2. The first-order valence-electron chi connectivity index (χ1n) is 8.44. The van der Waals surface area contributed by atoms with Gasteiger partial charge in [-0.1, -0.05) is 59.7 Å². The Morgan fingerprint density at radius 1 is 0.542 bits per heavy atom. The average Bonchev–Trinajstić information content (AvgIpc) is 2.52. The summed E-state index contributed by atoms with van der Waals surface area (Å²) in [6.07, 6.45) is 0. The van der Waals surface area contributed by atoms with Gasteiger partial charge in [0.25, 0.3) is 0 Å². The summed E-state index contributed by atoms with van der Waals surface area (Å²) in [4.78, 5) is 0. The molecule has 0 fully saturated rings. The van der Waals surface area contributed by atoms with E-state index in [-0.39, 0.29) is 10.8 Å². The predicted molar refractivity (Wildman–Crippen MR) is 102 cm³/mol. The summed E-state index contributed by atoms with van der Waals surface area (Å²) in [7, 11) is 3.37. The van der Waals surface area contributed by atoms with Crippen molar-refractivity contribution in [1.82, 2.24) is 0 Å². The summed E-state index contributed by atoms with van der Waals surface area (Å²) < 4.78 is 10.9. The first-order valence-corrected chi connectivity index (χ1v) is 8.44. The Hall–Kier alpha value is -1.96. The minimum absolute atomic E-state index is 0.0962. The van der Waals surface area contributed by atoms with E-state index in [1.165, 1.54) is 16.7 Å². The third-order valence-electron chi connectivity index (χ3n) is 4.35. The Balaban J connectivity index is 2.70. The highest BCUT2D eigenvalue weighted by molar-refractivity contribution is 5.69. The minimum atomic E-state index is 0.0962. The van der Waals surface area contributed by atoms with Crippen LogP contribution < -0.4 is 9.47 Å². The fourth-order valence-electron chi connectivity index (χ4n) is 2.63. The van der Waals surface area contributed by atoms with Crippen LogP contribution in [0.5, 0.6) is 11.5 Å². The first kappa shape index (κ1) is 18.4. The van der Waals surface area contributed by atoms with Crippen molar-refractivity contribution in [3.05, 3.63) is 47.5 Å². The van der Waals surface area contributed by atoms with Gasteiger partial charge in [-0.15, -0.1) is 0 Å². The van der Waals surface area contributed by atoms with Gasteiger partial charge < -0.3 is 9.47 Å². The Morgan fingerprint density at radius 3 is 1.25 bits per heavy atom. The summed E-state index contributed by atoms with van der Waals surface area (Å²) in [5.74, 6) is 1.62. The maximum atomic E-state index is 5.43.